The van der Waals surface area contributed by atoms with Gasteiger partial charge in [-0.25, -0.2) is 0 Å². The van der Waals surface area contributed by atoms with Crippen LogP contribution in [-0.2, 0) is 0 Å². The van der Waals surface area contributed by atoms with E-state index in [9.17, 15) is 0 Å². The number of allylic oxidation sites excluding steroid dienone is 1. The minimum atomic E-state index is -0.167. The Morgan fingerprint density at radius 1 is 1.53 bits per heavy atom. The van der Waals surface area contributed by atoms with Gasteiger partial charge in [0.1, 0.15) is 0 Å². The Morgan fingerprint density at radius 3 is 3.11 bits per heavy atom. The number of benzene rings is 1. The fourth-order valence-corrected chi connectivity index (χ4v) is 2.14. The van der Waals surface area contributed by atoms with Gasteiger partial charge in [0.25, 0.3) is 0 Å². The predicted octanol–water partition coefficient (Wildman–Crippen LogP) is 5.32. The first-order valence-corrected chi connectivity index (χ1v) is 6.99. The van der Waals surface area contributed by atoms with Crippen LogP contribution in [0, 0.1) is 0 Å². The number of nitrogens with zero attached hydrogens (tertiary/aromatic N) is 4. The van der Waals surface area contributed by atoms with Crippen LogP contribution in [0.15, 0.2) is 51.3 Å². The Balaban J connectivity index is 2.38. The summed E-state index contributed by atoms with van der Waals surface area (Å²) in [6.45, 7) is 2.03. The number of hydrogen-bond donors (Lipinski definition) is 0. The predicted molar refractivity (Wildman–Crippen MR) is 86.0 cm³/mol. The SMILES string of the molecule is C/C(I)=C/C[C@H](N=[N+]=[N-])c1ccc2ncccc2c1. The number of azide groups is 1. The average molecular weight is 364 g/mol. The van der Waals surface area contributed by atoms with Crippen molar-refractivity contribution >= 4 is 33.5 Å². The number of rotatable bonds is 4. The molecule has 0 amide bonds. The number of halogens is 1. The lowest BCUT2D eigenvalue weighted by Crippen LogP contribution is -1.93. The number of fused-ring (bicyclic) bond motifs is 1. The van der Waals surface area contributed by atoms with E-state index in [2.05, 4.69) is 43.7 Å². The van der Waals surface area contributed by atoms with E-state index >= 15 is 0 Å². The summed E-state index contributed by atoms with van der Waals surface area (Å²) >= 11 is 2.25. The summed E-state index contributed by atoms with van der Waals surface area (Å²) in [4.78, 5) is 7.23. The normalized spacial score (nSPS) is 13.1. The highest BCUT2D eigenvalue weighted by molar-refractivity contribution is 14.1. The molecule has 2 rings (SSSR count). The minimum Gasteiger partial charge on any atom is -0.256 e. The van der Waals surface area contributed by atoms with Crippen molar-refractivity contribution in [2.45, 2.75) is 19.4 Å². The van der Waals surface area contributed by atoms with Crippen LogP contribution in [0.2, 0.25) is 0 Å². The van der Waals surface area contributed by atoms with Crippen molar-refractivity contribution < 1.29 is 0 Å². The molecule has 0 saturated heterocycles. The van der Waals surface area contributed by atoms with Gasteiger partial charge in [0, 0.05) is 16.5 Å². The molecule has 0 bridgehead atoms. The Labute approximate surface area is 125 Å². The molecule has 1 aromatic carbocycles. The van der Waals surface area contributed by atoms with E-state index in [0.29, 0.717) is 6.42 Å². The smallest absolute Gasteiger partial charge is 0.0702 e. The molecule has 1 heterocycles. The van der Waals surface area contributed by atoms with Crippen LogP contribution in [-0.4, -0.2) is 4.98 Å². The molecule has 0 unspecified atom stereocenters. The van der Waals surface area contributed by atoms with E-state index in [1.54, 1.807) is 6.20 Å². The van der Waals surface area contributed by atoms with Gasteiger partial charge in [0.05, 0.1) is 11.6 Å². The number of hydrogen-bond acceptors (Lipinski definition) is 2. The topological polar surface area (TPSA) is 61.7 Å². The maximum atomic E-state index is 8.70. The van der Waals surface area contributed by atoms with Crippen molar-refractivity contribution in [2.24, 2.45) is 5.11 Å². The molecular weight excluding hydrogens is 351 g/mol. The highest BCUT2D eigenvalue weighted by Gasteiger charge is 2.09. The van der Waals surface area contributed by atoms with Crippen LogP contribution in [0.3, 0.4) is 0 Å². The summed E-state index contributed by atoms with van der Waals surface area (Å²) in [5.41, 5.74) is 10.7. The van der Waals surface area contributed by atoms with Crippen molar-refractivity contribution in [3.63, 3.8) is 0 Å². The Hall–Kier alpha value is -1.59. The van der Waals surface area contributed by atoms with Gasteiger partial charge in [-0.2, -0.15) is 0 Å². The first-order valence-electron chi connectivity index (χ1n) is 5.92. The highest BCUT2D eigenvalue weighted by atomic mass is 127. The molecule has 2 aromatic rings. The second-order valence-electron chi connectivity index (χ2n) is 4.20. The highest BCUT2D eigenvalue weighted by Crippen LogP contribution is 2.26. The third-order valence-corrected chi connectivity index (χ3v) is 3.27. The maximum absolute atomic E-state index is 8.70. The Kier molecular flexibility index (Phi) is 4.76. The van der Waals surface area contributed by atoms with Crippen molar-refractivity contribution in [1.29, 1.82) is 0 Å². The summed E-state index contributed by atoms with van der Waals surface area (Å²) in [6, 6.07) is 9.73. The van der Waals surface area contributed by atoms with Crippen molar-refractivity contribution in [3.8, 4) is 0 Å². The molecule has 5 heteroatoms. The van der Waals surface area contributed by atoms with Gasteiger partial charge >= 0.3 is 0 Å². The van der Waals surface area contributed by atoms with Gasteiger partial charge in [0.15, 0.2) is 0 Å². The lowest BCUT2D eigenvalue weighted by molar-refractivity contribution is 0.734. The molecule has 1 atom stereocenters. The van der Waals surface area contributed by atoms with E-state index in [1.807, 2.05) is 37.3 Å². The lowest BCUT2D eigenvalue weighted by atomic mass is 10.0. The van der Waals surface area contributed by atoms with E-state index in [4.69, 9.17) is 5.53 Å². The summed E-state index contributed by atoms with van der Waals surface area (Å²) in [7, 11) is 0. The molecule has 0 fully saturated rings. The van der Waals surface area contributed by atoms with Crippen LogP contribution in [0.5, 0.6) is 0 Å². The van der Waals surface area contributed by atoms with Crippen LogP contribution in [0.25, 0.3) is 21.3 Å². The third kappa shape index (κ3) is 3.68. The van der Waals surface area contributed by atoms with Crippen LogP contribution in [0.4, 0.5) is 0 Å². The van der Waals surface area contributed by atoms with E-state index < -0.39 is 0 Å². The molecule has 96 valence electrons. The zero-order chi connectivity index (χ0) is 13.7. The van der Waals surface area contributed by atoms with Crippen molar-refractivity contribution in [2.75, 3.05) is 0 Å². The Morgan fingerprint density at radius 2 is 2.37 bits per heavy atom. The molecule has 0 N–H and O–H groups in total. The zero-order valence-corrected chi connectivity index (χ0v) is 12.7. The largest absolute Gasteiger partial charge is 0.256 e. The monoisotopic (exact) mass is 364 g/mol. The molecule has 0 saturated carbocycles. The summed E-state index contributed by atoms with van der Waals surface area (Å²) < 4.78 is 1.19. The second-order valence-corrected chi connectivity index (χ2v) is 5.90. The Bertz CT molecular complexity index is 655. The molecule has 4 nitrogen and oxygen atoms in total. The summed E-state index contributed by atoms with van der Waals surface area (Å²) in [5, 5.41) is 4.95. The minimum absolute atomic E-state index is 0.167. The zero-order valence-electron chi connectivity index (χ0n) is 10.5. The van der Waals surface area contributed by atoms with Crippen molar-refractivity contribution in [3.05, 3.63) is 62.2 Å². The molecule has 19 heavy (non-hydrogen) atoms. The van der Waals surface area contributed by atoms with E-state index in [1.165, 1.54) is 3.58 Å². The first-order chi connectivity index (χ1) is 9.20. The molecule has 1 aromatic heterocycles. The summed E-state index contributed by atoms with van der Waals surface area (Å²) in [6.07, 6.45) is 4.56. The van der Waals surface area contributed by atoms with Gasteiger partial charge in [-0.3, -0.25) is 4.98 Å². The van der Waals surface area contributed by atoms with Crippen LogP contribution in [0.1, 0.15) is 24.9 Å². The molecular formula is C14H13IN4. The molecule has 0 aliphatic heterocycles. The molecule has 0 aliphatic rings. The standard InChI is InChI=1S/C14H13IN4/c1-10(15)4-6-14(18-19-16)12-5-7-13-11(9-12)3-2-8-17-13/h2-5,7-9,14H,6H2,1H3/b10-4-/t14-/m0/s1. The van der Waals surface area contributed by atoms with E-state index in [-0.39, 0.29) is 6.04 Å². The van der Waals surface area contributed by atoms with Crippen molar-refractivity contribution in [1.82, 2.24) is 4.98 Å². The molecule has 0 spiro atoms. The summed E-state index contributed by atoms with van der Waals surface area (Å²) in [5.74, 6) is 0. The quantitative estimate of drug-likeness (QED) is 0.314. The van der Waals surface area contributed by atoms with Gasteiger partial charge in [-0.1, -0.05) is 23.3 Å². The maximum Gasteiger partial charge on any atom is 0.0702 e. The van der Waals surface area contributed by atoms with Gasteiger partial charge < -0.3 is 0 Å². The van der Waals surface area contributed by atoms with Gasteiger partial charge in [0.2, 0.25) is 0 Å². The number of pyridine rings is 1. The first kappa shape index (κ1) is 13.8. The van der Waals surface area contributed by atoms with Gasteiger partial charge in [-0.05, 0) is 68.8 Å². The average Bonchev–Trinajstić information content (AvgIpc) is 2.42. The third-order valence-electron chi connectivity index (χ3n) is 2.83. The van der Waals surface area contributed by atoms with Crippen LogP contribution >= 0.6 is 22.6 Å². The number of aromatic nitrogens is 1. The molecule has 0 radical (unpaired) electrons. The fourth-order valence-electron chi connectivity index (χ4n) is 1.89. The lowest BCUT2D eigenvalue weighted by Gasteiger charge is -2.10. The second kappa shape index (κ2) is 6.54. The van der Waals surface area contributed by atoms with Crippen LogP contribution < -0.4 is 0 Å². The fraction of sp³-hybridized carbons (Fsp3) is 0.214. The van der Waals surface area contributed by atoms with Gasteiger partial charge in [-0.15, -0.1) is 0 Å². The molecule has 0 aliphatic carbocycles. The van der Waals surface area contributed by atoms with E-state index in [0.717, 1.165) is 16.5 Å².